The molecule has 0 spiro atoms. The van der Waals surface area contributed by atoms with Crippen LogP contribution >= 0.6 is 0 Å². The summed E-state index contributed by atoms with van der Waals surface area (Å²) >= 11 is 0. The first kappa shape index (κ1) is 24.7. The van der Waals surface area contributed by atoms with Crippen LogP contribution in [0.15, 0.2) is 53.5 Å². The molecule has 2 aliphatic heterocycles. The Morgan fingerprint density at radius 1 is 1.17 bits per heavy atom. The van der Waals surface area contributed by atoms with Crippen LogP contribution in [0.3, 0.4) is 0 Å². The van der Waals surface area contributed by atoms with Gasteiger partial charge in [-0.15, -0.1) is 5.92 Å². The predicted molar refractivity (Wildman–Crippen MR) is 137 cm³/mol. The molecular formula is C28H33FN4O2. The van der Waals surface area contributed by atoms with Gasteiger partial charge in [0.1, 0.15) is 11.6 Å². The van der Waals surface area contributed by atoms with Crippen molar-refractivity contribution >= 4 is 18.1 Å². The number of methoxy groups -OCH3 is 1. The highest BCUT2D eigenvalue weighted by molar-refractivity contribution is 5.97. The fourth-order valence-corrected chi connectivity index (χ4v) is 4.95. The van der Waals surface area contributed by atoms with Crippen molar-refractivity contribution in [2.45, 2.75) is 44.7 Å². The SMILES string of the molecule is CC#CCN1CCC(N(C(=O)/N=C/N2CCCC2c2cccc(OC)c2)c2cccc(F)c2)CC1. The molecule has 4 rings (SSSR count). The number of halogens is 1. The van der Waals surface area contributed by atoms with E-state index in [9.17, 15) is 9.18 Å². The summed E-state index contributed by atoms with van der Waals surface area (Å²) in [5.74, 6) is 6.50. The Morgan fingerprint density at radius 3 is 2.71 bits per heavy atom. The van der Waals surface area contributed by atoms with Gasteiger partial charge in [-0.2, -0.15) is 4.99 Å². The molecule has 184 valence electrons. The van der Waals surface area contributed by atoms with Crippen LogP contribution in [0.4, 0.5) is 14.9 Å². The number of benzene rings is 2. The second-order valence-electron chi connectivity index (χ2n) is 8.98. The first-order chi connectivity index (χ1) is 17.1. The lowest BCUT2D eigenvalue weighted by atomic mass is 10.0. The maximum absolute atomic E-state index is 14.1. The van der Waals surface area contributed by atoms with Gasteiger partial charge in [-0.25, -0.2) is 9.18 Å². The van der Waals surface area contributed by atoms with Crippen LogP contribution in [0, 0.1) is 17.7 Å². The van der Waals surface area contributed by atoms with Gasteiger partial charge in [0.05, 0.1) is 26.0 Å². The van der Waals surface area contributed by atoms with Gasteiger partial charge in [-0.05, 0) is 68.5 Å². The summed E-state index contributed by atoms with van der Waals surface area (Å²) in [6.07, 6.45) is 5.26. The molecule has 6 nitrogen and oxygen atoms in total. The molecule has 2 aliphatic rings. The lowest BCUT2D eigenvalue weighted by molar-refractivity contribution is 0.222. The van der Waals surface area contributed by atoms with Gasteiger partial charge in [-0.3, -0.25) is 9.80 Å². The molecule has 2 fully saturated rings. The lowest BCUT2D eigenvalue weighted by Crippen LogP contribution is -2.47. The van der Waals surface area contributed by atoms with Gasteiger partial charge >= 0.3 is 6.03 Å². The van der Waals surface area contributed by atoms with Crippen molar-refractivity contribution in [3.8, 4) is 17.6 Å². The van der Waals surface area contributed by atoms with Gasteiger partial charge < -0.3 is 9.64 Å². The molecule has 2 heterocycles. The van der Waals surface area contributed by atoms with Gasteiger partial charge in [0.2, 0.25) is 0 Å². The minimum atomic E-state index is -0.363. The van der Waals surface area contributed by atoms with Gasteiger partial charge in [0, 0.05) is 31.4 Å². The molecule has 1 atom stereocenters. The van der Waals surface area contributed by atoms with Crippen molar-refractivity contribution in [3.63, 3.8) is 0 Å². The van der Waals surface area contributed by atoms with Crippen molar-refractivity contribution in [2.24, 2.45) is 4.99 Å². The summed E-state index contributed by atoms with van der Waals surface area (Å²) in [6, 6.07) is 14.0. The molecule has 0 aromatic heterocycles. The van der Waals surface area contributed by atoms with Crippen LogP contribution in [0.1, 0.15) is 44.2 Å². The maximum atomic E-state index is 14.1. The number of ether oxygens (including phenoxy) is 1. The standard InChI is InChI=1S/C28H33FN4O2/c1-3-4-15-31-17-13-24(14-18-31)33(25-10-6-9-23(29)20-25)28(34)30-21-32-16-7-12-27(32)22-8-5-11-26(19-22)35-2/h5-6,8-11,19-21,24,27H,7,12-18H2,1-2H3/b30-21+. The molecule has 0 saturated carbocycles. The number of carbonyl (C=O) groups is 1. The Labute approximate surface area is 207 Å². The monoisotopic (exact) mass is 476 g/mol. The van der Waals surface area contributed by atoms with Gasteiger partial charge in [-0.1, -0.05) is 24.1 Å². The summed E-state index contributed by atoms with van der Waals surface area (Å²) in [4.78, 5) is 23.9. The zero-order valence-electron chi connectivity index (χ0n) is 20.5. The third-order valence-corrected chi connectivity index (χ3v) is 6.78. The molecule has 0 bridgehead atoms. The predicted octanol–water partition coefficient (Wildman–Crippen LogP) is 5.11. The average molecular weight is 477 g/mol. The second-order valence-corrected chi connectivity index (χ2v) is 8.98. The largest absolute Gasteiger partial charge is 0.497 e. The van der Waals surface area contributed by atoms with Crippen molar-refractivity contribution in [3.05, 3.63) is 59.9 Å². The quantitative estimate of drug-likeness (QED) is 0.330. The van der Waals surface area contributed by atoms with Crippen molar-refractivity contribution in [2.75, 3.05) is 38.2 Å². The number of nitrogens with zero attached hydrogens (tertiary/aromatic N) is 4. The van der Waals surface area contributed by atoms with E-state index < -0.39 is 0 Å². The van der Waals surface area contributed by atoms with E-state index >= 15 is 0 Å². The van der Waals surface area contributed by atoms with Crippen LogP contribution in [-0.2, 0) is 0 Å². The Morgan fingerprint density at radius 2 is 1.97 bits per heavy atom. The van der Waals surface area contributed by atoms with Crippen LogP contribution in [0.5, 0.6) is 5.75 Å². The molecule has 2 saturated heterocycles. The summed E-state index contributed by atoms with van der Waals surface area (Å²) < 4.78 is 19.5. The first-order valence-corrected chi connectivity index (χ1v) is 12.2. The number of piperidine rings is 1. The number of urea groups is 1. The van der Waals surface area contributed by atoms with E-state index in [4.69, 9.17) is 4.74 Å². The zero-order chi connectivity index (χ0) is 24.6. The Bertz CT molecular complexity index is 1100. The number of hydrogen-bond donors (Lipinski definition) is 0. The Kier molecular flexibility index (Phi) is 8.38. The number of hydrogen-bond acceptors (Lipinski definition) is 3. The normalized spacial score (nSPS) is 18.9. The maximum Gasteiger partial charge on any atom is 0.349 e. The van der Waals surface area contributed by atoms with E-state index in [1.807, 2.05) is 25.1 Å². The minimum absolute atomic E-state index is 0.0416. The van der Waals surface area contributed by atoms with Gasteiger partial charge in [0.25, 0.3) is 0 Å². The highest BCUT2D eigenvalue weighted by atomic mass is 19.1. The molecule has 0 N–H and O–H groups in total. The van der Waals surface area contributed by atoms with E-state index in [2.05, 4.69) is 32.7 Å². The molecule has 0 radical (unpaired) electrons. The van der Waals surface area contributed by atoms with Crippen LogP contribution in [-0.4, -0.2) is 61.5 Å². The van der Waals surface area contributed by atoms with Crippen LogP contribution in [0.25, 0.3) is 0 Å². The van der Waals surface area contributed by atoms with E-state index in [1.54, 1.807) is 30.5 Å². The van der Waals surface area contributed by atoms with Crippen molar-refractivity contribution < 1.29 is 13.9 Å². The van der Waals surface area contributed by atoms with Crippen LogP contribution < -0.4 is 9.64 Å². The topological polar surface area (TPSA) is 48.4 Å². The van der Waals surface area contributed by atoms with Crippen molar-refractivity contribution in [1.29, 1.82) is 0 Å². The zero-order valence-corrected chi connectivity index (χ0v) is 20.5. The molecule has 1 unspecified atom stereocenters. The fourth-order valence-electron chi connectivity index (χ4n) is 4.95. The van der Waals surface area contributed by atoms with Crippen LogP contribution in [0.2, 0.25) is 0 Å². The minimum Gasteiger partial charge on any atom is -0.497 e. The number of carbonyl (C=O) groups excluding carboxylic acids is 1. The van der Waals surface area contributed by atoms with E-state index in [-0.39, 0.29) is 23.9 Å². The number of likely N-dealkylation sites (tertiary alicyclic amines) is 2. The summed E-state index contributed by atoms with van der Waals surface area (Å²) in [7, 11) is 1.66. The molecule has 2 amide bonds. The average Bonchev–Trinajstić information content (AvgIpc) is 3.36. The second kappa shape index (κ2) is 11.9. The van der Waals surface area contributed by atoms with Crippen molar-refractivity contribution in [1.82, 2.24) is 9.80 Å². The molecule has 2 aromatic rings. The lowest BCUT2D eigenvalue weighted by Gasteiger charge is -2.37. The van der Waals surface area contributed by atoms with E-state index in [1.165, 1.54) is 12.1 Å². The first-order valence-electron chi connectivity index (χ1n) is 12.2. The molecular weight excluding hydrogens is 443 g/mol. The summed E-state index contributed by atoms with van der Waals surface area (Å²) in [6.45, 7) is 5.08. The molecule has 35 heavy (non-hydrogen) atoms. The highest BCUT2D eigenvalue weighted by Gasteiger charge is 2.30. The molecule has 2 aromatic carbocycles. The number of anilines is 1. The summed E-state index contributed by atoms with van der Waals surface area (Å²) in [5.41, 5.74) is 1.69. The van der Waals surface area contributed by atoms with Gasteiger partial charge in [0.15, 0.2) is 0 Å². The molecule has 0 aliphatic carbocycles. The highest BCUT2D eigenvalue weighted by Crippen LogP contribution is 2.32. The number of rotatable bonds is 6. The smallest absolute Gasteiger partial charge is 0.349 e. The fraction of sp³-hybridized carbons (Fsp3) is 0.429. The Hall–Kier alpha value is -3.37. The summed E-state index contributed by atoms with van der Waals surface area (Å²) in [5, 5.41) is 0. The van der Waals surface area contributed by atoms with E-state index in [0.717, 1.165) is 63.2 Å². The third-order valence-electron chi connectivity index (χ3n) is 6.78. The number of amides is 2. The molecule has 7 heteroatoms. The van der Waals surface area contributed by atoms with E-state index in [0.29, 0.717) is 5.69 Å². The Balaban J connectivity index is 1.51. The third kappa shape index (κ3) is 6.20. The number of aliphatic imine (C=N–C) groups is 1.